The number of hydrogen-bond acceptors (Lipinski definition) is 6. The molecule has 2 aromatic rings. The van der Waals surface area contributed by atoms with Crippen LogP contribution in [-0.4, -0.2) is 42.4 Å². The number of nitrogens with one attached hydrogen (secondary N) is 2. The second-order valence-electron chi connectivity index (χ2n) is 6.65. The monoisotopic (exact) mass is 401 g/mol. The second-order valence-corrected chi connectivity index (χ2v) is 7.06. The maximum absolute atomic E-state index is 5.40. The van der Waals surface area contributed by atoms with Gasteiger partial charge in [-0.15, -0.1) is 0 Å². The Morgan fingerprint density at radius 1 is 1.04 bits per heavy atom. The lowest BCUT2D eigenvalue weighted by Gasteiger charge is -2.22. The van der Waals surface area contributed by atoms with Gasteiger partial charge in [0.05, 0.1) is 14.2 Å². The third-order valence-electron chi connectivity index (χ3n) is 4.67. The fraction of sp³-hybridized carbons (Fsp3) is 0.450. The Bertz CT molecular complexity index is 777. The van der Waals surface area contributed by atoms with Gasteiger partial charge in [-0.05, 0) is 42.8 Å². The van der Waals surface area contributed by atoms with Crippen LogP contribution in [0.2, 0.25) is 0 Å². The lowest BCUT2D eigenvalue weighted by molar-refractivity contribution is 0.397. The van der Waals surface area contributed by atoms with Gasteiger partial charge in [-0.25, -0.2) is 0 Å². The van der Waals surface area contributed by atoms with E-state index in [2.05, 4.69) is 25.5 Å². The Labute approximate surface area is 171 Å². The van der Waals surface area contributed by atoms with Gasteiger partial charge in [-0.3, -0.25) is 0 Å². The van der Waals surface area contributed by atoms with E-state index in [1.807, 2.05) is 30.3 Å². The van der Waals surface area contributed by atoms with Crippen molar-refractivity contribution in [2.45, 2.75) is 32.2 Å². The number of thiocarbonyl (C=S) groups is 1. The number of hydrogen-bond donors (Lipinski definition) is 2. The molecule has 0 bridgehead atoms. The van der Waals surface area contributed by atoms with E-state index in [4.69, 9.17) is 21.7 Å². The van der Waals surface area contributed by atoms with Gasteiger partial charge >= 0.3 is 0 Å². The molecule has 1 aromatic carbocycles. The first kappa shape index (κ1) is 20.1. The minimum absolute atomic E-state index is 0.436. The average molecular weight is 402 g/mol. The van der Waals surface area contributed by atoms with E-state index < -0.39 is 0 Å². The van der Waals surface area contributed by atoms with Gasteiger partial charge in [0.25, 0.3) is 0 Å². The standard InChI is InChI=1S/C20H27N5O2S/c1-26-16-9-7-15(8-10-16)14-21-20(28)24-19-22-17(13-18(23-19)27-2)25-11-5-3-4-6-12-25/h7-10,13H,3-6,11-12,14H2,1-2H3,(H2,21,22,23,24,28). The van der Waals surface area contributed by atoms with Crippen LogP contribution in [0, 0.1) is 0 Å². The van der Waals surface area contributed by atoms with Gasteiger partial charge in [0.1, 0.15) is 11.6 Å². The highest BCUT2D eigenvalue weighted by Crippen LogP contribution is 2.22. The number of methoxy groups -OCH3 is 2. The molecule has 0 atom stereocenters. The van der Waals surface area contributed by atoms with Gasteiger partial charge in [0, 0.05) is 25.7 Å². The number of benzene rings is 1. The number of rotatable bonds is 6. The van der Waals surface area contributed by atoms with E-state index in [9.17, 15) is 0 Å². The predicted molar refractivity (Wildman–Crippen MR) is 115 cm³/mol. The molecular weight excluding hydrogens is 374 g/mol. The SMILES string of the molecule is COc1ccc(CNC(=S)Nc2nc(OC)cc(N3CCCCCC3)n2)cc1. The molecule has 7 nitrogen and oxygen atoms in total. The third kappa shape index (κ3) is 5.69. The molecule has 1 aliphatic rings. The Hall–Kier alpha value is -2.61. The highest BCUT2D eigenvalue weighted by molar-refractivity contribution is 7.80. The van der Waals surface area contributed by atoms with Crippen molar-refractivity contribution < 1.29 is 9.47 Å². The molecule has 0 aliphatic carbocycles. The zero-order valence-corrected chi connectivity index (χ0v) is 17.2. The van der Waals surface area contributed by atoms with Crippen molar-refractivity contribution in [3.8, 4) is 11.6 Å². The molecule has 2 heterocycles. The average Bonchev–Trinajstić information content (AvgIpc) is 3.02. The summed E-state index contributed by atoms with van der Waals surface area (Å²) in [6, 6.07) is 9.71. The highest BCUT2D eigenvalue weighted by Gasteiger charge is 2.14. The molecule has 0 amide bonds. The predicted octanol–water partition coefficient (Wildman–Crippen LogP) is 3.36. The fourth-order valence-corrected chi connectivity index (χ4v) is 3.27. The lowest BCUT2D eigenvalue weighted by atomic mass is 10.2. The number of anilines is 2. The fourth-order valence-electron chi connectivity index (χ4n) is 3.11. The van der Waals surface area contributed by atoms with Crippen LogP contribution >= 0.6 is 12.2 Å². The van der Waals surface area contributed by atoms with Gasteiger partial charge in [0.2, 0.25) is 11.8 Å². The molecule has 1 aromatic heterocycles. The Balaban J connectivity index is 1.63. The minimum atomic E-state index is 0.436. The Kier molecular flexibility index (Phi) is 7.25. The Morgan fingerprint density at radius 3 is 2.39 bits per heavy atom. The van der Waals surface area contributed by atoms with Crippen molar-refractivity contribution in [3.63, 3.8) is 0 Å². The first-order chi connectivity index (χ1) is 13.7. The Morgan fingerprint density at radius 2 is 1.75 bits per heavy atom. The van der Waals surface area contributed by atoms with Crippen LogP contribution < -0.4 is 25.0 Å². The van der Waals surface area contributed by atoms with Gasteiger partial charge in [-0.2, -0.15) is 9.97 Å². The molecule has 3 rings (SSSR count). The molecule has 150 valence electrons. The van der Waals surface area contributed by atoms with Crippen molar-refractivity contribution in [1.82, 2.24) is 15.3 Å². The van der Waals surface area contributed by atoms with E-state index >= 15 is 0 Å². The molecule has 0 radical (unpaired) electrons. The summed E-state index contributed by atoms with van der Waals surface area (Å²) in [6.07, 6.45) is 4.89. The molecule has 0 unspecified atom stereocenters. The summed E-state index contributed by atoms with van der Waals surface area (Å²) in [7, 11) is 3.26. The highest BCUT2D eigenvalue weighted by atomic mass is 32.1. The van der Waals surface area contributed by atoms with Crippen LogP contribution in [0.15, 0.2) is 30.3 Å². The zero-order chi connectivity index (χ0) is 19.8. The van der Waals surface area contributed by atoms with E-state index in [0.717, 1.165) is 30.2 Å². The maximum atomic E-state index is 5.40. The number of ether oxygens (including phenoxy) is 2. The number of nitrogens with zero attached hydrogens (tertiary/aromatic N) is 3. The molecule has 2 N–H and O–H groups in total. The first-order valence-electron chi connectivity index (χ1n) is 9.54. The van der Waals surface area contributed by atoms with Crippen molar-refractivity contribution in [2.24, 2.45) is 0 Å². The molecule has 1 saturated heterocycles. The topological polar surface area (TPSA) is 71.5 Å². The summed E-state index contributed by atoms with van der Waals surface area (Å²) >= 11 is 5.40. The number of aromatic nitrogens is 2. The quantitative estimate of drug-likeness (QED) is 0.714. The van der Waals surface area contributed by atoms with Crippen molar-refractivity contribution in [1.29, 1.82) is 0 Å². The van der Waals surface area contributed by atoms with Crippen LogP contribution in [0.3, 0.4) is 0 Å². The lowest BCUT2D eigenvalue weighted by Crippen LogP contribution is -2.30. The summed E-state index contributed by atoms with van der Waals surface area (Å²) in [5.74, 6) is 2.66. The van der Waals surface area contributed by atoms with Crippen molar-refractivity contribution in [2.75, 3.05) is 37.5 Å². The van der Waals surface area contributed by atoms with Crippen molar-refractivity contribution >= 4 is 29.1 Å². The van der Waals surface area contributed by atoms with Crippen LogP contribution in [-0.2, 0) is 6.54 Å². The van der Waals surface area contributed by atoms with E-state index in [-0.39, 0.29) is 0 Å². The molecule has 1 fully saturated rings. The van der Waals surface area contributed by atoms with Crippen LogP contribution in [0.25, 0.3) is 0 Å². The second kappa shape index (κ2) is 10.1. The van der Waals surface area contributed by atoms with Gasteiger partial charge < -0.3 is 25.0 Å². The van der Waals surface area contributed by atoms with Crippen LogP contribution in [0.5, 0.6) is 11.6 Å². The normalized spacial score (nSPS) is 14.1. The maximum Gasteiger partial charge on any atom is 0.234 e. The summed E-state index contributed by atoms with van der Waals surface area (Å²) in [5, 5.41) is 6.71. The molecule has 28 heavy (non-hydrogen) atoms. The van der Waals surface area contributed by atoms with E-state index in [1.165, 1.54) is 25.7 Å². The summed E-state index contributed by atoms with van der Waals surface area (Å²) in [4.78, 5) is 11.3. The molecule has 0 saturated carbocycles. The van der Waals surface area contributed by atoms with Gasteiger partial charge in [0.15, 0.2) is 5.11 Å². The molecule has 0 spiro atoms. The van der Waals surface area contributed by atoms with E-state index in [0.29, 0.717) is 23.5 Å². The third-order valence-corrected chi connectivity index (χ3v) is 4.91. The first-order valence-corrected chi connectivity index (χ1v) is 9.94. The van der Waals surface area contributed by atoms with Crippen LogP contribution in [0.1, 0.15) is 31.2 Å². The minimum Gasteiger partial charge on any atom is -0.497 e. The molecular formula is C20H27N5O2S. The summed E-state index contributed by atoms with van der Waals surface area (Å²) in [6.45, 7) is 2.60. The summed E-state index contributed by atoms with van der Waals surface area (Å²) in [5.41, 5.74) is 1.10. The largest absolute Gasteiger partial charge is 0.497 e. The van der Waals surface area contributed by atoms with Crippen molar-refractivity contribution in [3.05, 3.63) is 35.9 Å². The van der Waals surface area contributed by atoms with E-state index in [1.54, 1.807) is 14.2 Å². The van der Waals surface area contributed by atoms with Crippen LogP contribution in [0.4, 0.5) is 11.8 Å². The van der Waals surface area contributed by atoms with Gasteiger partial charge in [-0.1, -0.05) is 25.0 Å². The smallest absolute Gasteiger partial charge is 0.234 e. The molecule has 1 aliphatic heterocycles. The summed E-state index contributed by atoms with van der Waals surface area (Å²) < 4.78 is 10.5. The molecule has 8 heteroatoms. The zero-order valence-electron chi connectivity index (χ0n) is 16.4.